The van der Waals surface area contributed by atoms with Crippen LogP contribution in [0, 0.1) is 32.1 Å². The lowest BCUT2D eigenvalue weighted by Gasteiger charge is -2.32. The number of fused-ring (bicyclic) bond motifs is 8. The van der Waals surface area contributed by atoms with Crippen molar-refractivity contribution in [2.24, 2.45) is 0 Å². The van der Waals surface area contributed by atoms with E-state index in [-0.39, 0.29) is 5.41 Å². The molecule has 0 fully saturated rings. The predicted molar refractivity (Wildman–Crippen MR) is 295 cm³/mol. The molecule has 336 valence electrons. The van der Waals surface area contributed by atoms with Crippen LogP contribution in [-0.4, -0.2) is 0 Å². The van der Waals surface area contributed by atoms with E-state index in [0.717, 1.165) is 17.1 Å². The van der Waals surface area contributed by atoms with Gasteiger partial charge in [-0.15, -0.1) is 11.3 Å². The number of nitrogens with zero attached hydrogens (tertiary/aromatic N) is 2. The monoisotopic (exact) mass is 892 g/mol. The van der Waals surface area contributed by atoms with E-state index in [0.29, 0.717) is 5.56 Å². The largest absolute Gasteiger partial charge is 0.310 e. The molecule has 1 unspecified atom stereocenters. The molecular formula is C64H64N2S. The molecule has 1 aromatic heterocycles. The van der Waals surface area contributed by atoms with Gasteiger partial charge in [-0.25, -0.2) is 0 Å². The quantitative estimate of drug-likeness (QED) is 0.176. The van der Waals surface area contributed by atoms with Gasteiger partial charge in [0, 0.05) is 42.3 Å². The Morgan fingerprint density at radius 2 is 0.970 bits per heavy atom. The van der Waals surface area contributed by atoms with Crippen LogP contribution in [0.2, 0.25) is 0 Å². The smallest absolute Gasteiger partial charge is 0.0992 e. The lowest BCUT2D eigenvalue weighted by atomic mass is 9.73. The highest BCUT2D eigenvalue weighted by atomic mass is 32.1. The molecule has 10 aromatic rings. The second-order valence-electron chi connectivity index (χ2n) is 16.0. The first-order valence-electron chi connectivity index (χ1n) is 23.8. The fraction of sp³-hybridized carbons (Fsp3) is 0.172. The van der Waals surface area contributed by atoms with Crippen molar-refractivity contribution in [3.05, 3.63) is 245 Å². The van der Waals surface area contributed by atoms with E-state index in [9.17, 15) is 5.26 Å². The normalized spacial score (nSPS) is 12.7. The summed E-state index contributed by atoms with van der Waals surface area (Å²) >= 11 is 1.87. The number of nitriles is 1. The highest BCUT2D eigenvalue weighted by molar-refractivity contribution is 7.25. The Labute approximate surface area is 404 Å². The van der Waals surface area contributed by atoms with Crippen LogP contribution in [0.3, 0.4) is 0 Å². The van der Waals surface area contributed by atoms with Gasteiger partial charge in [0.25, 0.3) is 0 Å². The molecule has 67 heavy (non-hydrogen) atoms. The molecule has 0 saturated carbocycles. The number of hydrogen-bond donors (Lipinski definition) is 0. The average Bonchev–Trinajstić information content (AvgIpc) is 3.89. The lowest BCUT2D eigenvalue weighted by Crippen LogP contribution is -2.23. The summed E-state index contributed by atoms with van der Waals surface area (Å²) in [6.07, 6.45) is 0. The van der Waals surface area contributed by atoms with Crippen molar-refractivity contribution in [3.63, 3.8) is 0 Å². The van der Waals surface area contributed by atoms with E-state index in [2.05, 4.69) is 202 Å². The average molecular weight is 893 g/mol. The van der Waals surface area contributed by atoms with Gasteiger partial charge < -0.3 is 4.90 Å². The Morgan fingerprint density at radius 3 is 1.61 bits per heavy atom. The first-order chi connectivity index (χ1) is 32.8. The summed E-state index contributed by atoms with van der Waals surface area (Å²) in [6.45, 7) is 20.8. The second kappa shape index (κ2) is 23.3. The molecule has 1 atom stereocenters. The number of hydrogen-bond acceptors (Lipinski definition) is 3. The van der Waals surface area contributed by atoms with Crippen LogP contribution in [0.4, 0.5) is 17.1 Å². The van der Waals surface area contributed by atoms with Crippen LogP contribution < -0.4 is 4.90 Å². The molecule has 0 radical (unpaired) electrons. The van der Waals surface area contributed by atoms with Crippen molar-refractivity contribution < 1.29 is 0 Å². The summed E-state index contributed by atoms with van der Waals surface area (Å²) in [7, 11) is 0. The highest BCUT2D eigenvalue weighted by Gasteiger charge is 2.42. The van der Waals surface area contributed by atoms with Gasteiger partial charge in [-0.2, -0.15) is 5.26 Å². The van der Waals surface area contributed by atoms with Gasteiger partial charge in [-0.1, -0.05) is 210 Å². The Balaban J connectivity index is 0.000000223. The number of anilines is 3. The topological polar surface area (TPSA) is 27.0 Å². The van der Waals surface area contributed by atoms with Crippen LogP contribution in [0.25, 0.3) is 42.1 Å². The molecular weight excluding hydrogens is 829 g/mol. The molecule has 3 heteroatoms. The van der Waals surface area contributed by atoms with E-state index < -0.39 is 0 Å². The van der Waals surface area contributed by atoms with Crippen molar-refractivity contribution in [2.75, 3.05) is 4.90 Å². The Bertz CT molecular complexity index is 3200. The number of benzene rings is 9. The molecule has 1 heterocycles. The minimum absolute atomic E-state index is 0.326. The predicted octanol–water partition coefficient (Wildman–Crippen LogP) is 19.3. The maximum absolute atomic E-state index is 9.73. The zero-order valence-electron chi connectivity index (χ0n) is 40.9. The van der Waals surface area contributed by atoms with E-state index in [1.807, 2.05) is 95.3 Å². The summed E-state index contributed by atoms with van der Waals surface area (Å²) in [4.78, 5) is 2.29. The molecule has 1 aliphatic carbocycles. The van der Waals surface area contributed by atoms with Crippen molar-refractivity contribution >= 4 is 59.3 Å². The van der Waals surface area contributed by atoms with E-state index in [4.69, 9.17) is 0 Å². The van der Waals surface area contributed by atoms with Crippen LogP contribution in [0.1, 0.15) is 87.4 Å². The van der Waals surface area contributed by atoms with Gasteiger partial charge in [0.2, 0.25) is 0 Å². The van der Waals surface area contributed by atoms with Crippen molar-refractivity contribution in [3.8, 4) is 17.2 Å². The number of aryl methyl sites for hydroxylation is 3. The SMILES string of the molecule is CC.CC.CC.Cc1ccc2c(c1)C(C)(c1ccccc1)c1cc(N(c3ccccc3)c3cccc(C#N)c3)c3ccccc3c1-2.Cc1ccc2sc3ccccc3c2c1.Cc1ccccc1. The third kappa shape index (κ3) is 10.4. The van der Waals surface area contributed by atoms with E-state index >= 15 is 0 Å². The van der Waals surface area contributed by atoms with E-state index in [1.54, 1.807) is 0 Å². The summed E-state index contributed by atoms with van der Waals surface area (Å²) in [5.74, 6) is 0. The number of rotatable bonds is 4. The third-order valence-corrected chi connectivity index (χ3v) is 13.0. The molecule has 0 bridgehead atoms. The molecule has 0 saturated heterocycles. The van der Waals surface area contributed by atoms with E-state index in [1.165, 1.54) is 75.5 Å². The van der Waals surface area contributed by atoms with Crippen LogP contribution in [0.15, 0.2) is 206 Å². The van der Waals surface area contributed by atoms with Gasteiger partial charge in [0.05, 0.1) is 17.3 Å². The van der Waals surface area contributed by atoms with Gasteiger partial charge in [0.15, 0.2) is 0 Å². The Kier molecular flexibility index (Phi) is 17.1. The summed E-state index contributed by atoms with van der Waals surface area (Å²) in [6, 6.07) is 75.1. The third-order valence-electron chi connectivity index (χ3n) is 11.9. The molecule has 2 nitrogen and oxygen atoms in total. The molecule has 0 amide bonds. The second-order valence-corrected chi connectivity index (χ2v) is 17.1. The molecule has 0 N–H and O–H groups in total. The zero-order chi connectivity index (χ0) is 47.9. The van der Waals surface area contributed by atoms with Crippen molar-refractivity contribution in [1.29, 1.82) is 5.26 Å². The summed E-state index contributed by atoms with van der Waals surface area (Å²) in [5, 5.41) is 14.9. The summed E-state index contributed by atoms with van der Waals surface area (Å²) < 4.78 is 2.77. The molecule has 0 aliphatic heterocycles. The minimum atomic E-state index is -0.326. The van der Waals surface area contributed by atoms with Crippen LogP contribution in [-0.2, 0) is 5.41 Å². The van der Waals surface area contributed by atoms with Gasteiger partial charge >= 0.3 is 0 Å². The first-order valence-corrected chi connectivity index (χ1v) is 24.6. The fourth-order valence-corrected chi connectivity index (χ4v) is 9.92. The maximum atomic E-state index is 9.73. The molecule has 0 spiro atoms. The van der Waals surface area contributed by atoms with Crippen molar-refractivity contribution in [1.82, 2.24) is 0 Å². The standard InChI is InChI=1S/C38H28N2.C13H10S.C7H8.3C2H6/c1-26-20-21-33-34(22-26)38(2,28-13-5-3-6-14-28)35-24-36(31-18-9-10-19-32(31)37(33)35)40(29-15-7-4-8-16-29)30-17-11-12-27(23-30)25-39;1-9-6-7-13-11(8-9)10-4-2-3-5-12(10)14-13;1-7-5-3-2-4-6-7;3*1-2/h3-24H,1-2H3;2-8H,1H3;2-6H,1H3;3*1-2H3. The number of thiophene rings is 1. The van der Waals surface area contributed by atoms with Crippen molar-refractivity contribution in [2.45, 2.75) is 74.7 Å². The van der Waals surface area contributed by atoms with Gasteiger partial charge in [-0.3, -0.25) is 0 Å². The van der Waals surface area contributed by atoms with Crippen LogP contribution >= 0.6 is 11.3 Å². The lowest BCUT2D eigenvalue weighted by molar-refractivity contribution is 0.713. The first kappa shape index (κ1) is 49.2. The molecule has 11 rings (SSSR count). The Morgan fingerprint density at radius 1 is 0.433 bits per heavy atom. The molecule has 9 aromatic carbocycles. The maximum Gasteiger partial charge on any atom is 0.0992 e. The highest BCUT2D eigenvalue weighted by Crippen LogP contribution is 2.57. The summed E-state index contributed by atoms with van der Waals surface area (Å²) in [5.41, 5.74) is 13.9. The Hall–Kier alpha value is -7.25. The minimum Gasteiger partial charge on any atom is -0.310 e. The van der Waals surface area contributed by atoms with Crippen LogP contribution in [0.5, 0.6) is 0 Å². The molecule has 1 aliphatic rings. The zero-order valence-corrected chi connectivity index (χ0v) is 41.7. The fourth-order valence-electron chi connectivity index (χ4n) is 8.84. The van der Waals surface area contributed by atoms with Gasteiger partial charge in [-0.05, 0) is 115 Å². The van der Waals surface area contributed by atoms with Gasteiger partial charge in [0.1, 0.15) is 0 Å². The number of para-hydroxylation sites is 1.